The molecule has 0 spiro atoms. The SMILES string of the molecule is O=CC1CCCCN1Cc1nc(C2CC2)no1. The molecule has 2 heterocycles. The molecule has 0 bridgehead atoms. The lowest BCUT2D eigenvalue weighted by Gasteiger charge is -2.30. The van der Waals surface area contributed by atoms with Crippen LogP contribution >= 0.6 is 0 Å². The first-order valence-corrected chi connectivity index (χ1v) is 6.38. The molecular formula is C12H17N3O2. The quantitative estimate of drug-likeness (QED) is 0.740. The van der Waals surface area contributed by atoms with E-state index >= 15 is 0 Å². The molecule has 1 atom stereocenters. The molecular weight excluding hydrogens is 218 g/mol. The second-order valence-electron chi connectivity index (χ2n) is 4.99. The van der Waals surface area contributed by atoms with Gasteiger partial charge < -0.3 is 9.32 Å². The van der Waals surface area contributed by atoms with Gasteiger partial charge in [0.15, 0.2) is 5.82 Å². The summed E-state index contributed by atoms with van der Waals surface area (Å²) in [5.74, 6) is 2.02. The first kappa shape index (κ1) is 10.9. The van der Waals surface area contributed by atoms with Gasteiger partial charge in [-0.05, 0) is 32.2 Å². The van der Waals surface area contributed by atoms with Gasteiger partial charge in [0.2, 0.25) is 5.89 Å². The van der Waals surface area contributed by atoms with Gasteiger partial charge in [0, 0.05) is 5.92 Å². The molecule has 1 aliphatic carbocycles. The number of piperidine rings is 1. The fourth-order valence-electron chi connectivity index (χ4n) is 2.38. The van der Waals surface area contributed by atoms with Crippen molar-refractivity contribution in [3.8, 4) is 0 Å². The van der Waals surface area contributed by atoms with Gasteiger partial charge in [-0.2, -0.15) is 4.98 Å². The van der Waals surface area contributed by atoms with Crippen molar-refractivity contribution in [2.45, 2.75) is 50.6 Å². The number of hydrogen-bond acceptors (Lipinski definition) is 5. The van der Waals surface area contributed by atoms with E-state index in [4.69, 9.17) is 4.52 Å². The molecule has 5 heteroatoms. The molecule has 2 aliphatic rings. The zero-order chi connectivity index (χ0) is 11.7. The highest BCUT2D eigenvalue weighted by Gasteiger charge is 2.30. The fraction of sp³-hybridized carbons (Fsp3) is 0.750. The Morgan fingerprint density at radius 1 is 1.35 bits per heavy atom. The molecule has 0 aromatic carbocycles. The van der Waals surface area contributed by atoms with E-state index in [1.165, 1.54) is 12.8 Å². The highest BCUT2D eigenvalue weighted by molar-refractivity contribution is 5.57. The number of likely N-dealkylation sites (tertiary alicyclic amines) is 1. The van der Waals surface area contributed by atoms with Crippen molar-refractivity contribution in [2.24, 2.45) is 0 Å². The maximum atomic E-state index is 11.0. The molecule has 1 aliphatic heterocycles. The van der Waals surface area contributed by atoms with E-state index in [1.807, 2.05) is 0 Å². The van der Waals surface area contributed by atoms with Crippen LogP contribution in [0.5, 0.6) is 0 Å². The Labute approximate surface area is 100 Å². The van der Waals surface area contributed by atoms with Gasteiger partial charge in [0.1, 0.15) is 6.29 Å². The summed E-state index contributed by atoms with van der Waals surface area (Å²) in [7, 11) is 0. The van der Waals surface area contributed by atoms with Gasteiger partial charge in [-0.25, -0.2) is 0 Å². The lowest BCUT2D eigenvalue weighted by molar-refractivity contribution is -0.113. The Morgan fingerprint density at radius 3 is 3.00 bits per heavy atom. The molecule has 1 aromatic heterocycles. The van der Waals surface area contributed by atoms with Crippen LogP contribution < -0.4 is 0 Å². The van der Waals surface area contributed by atoms with Crippen LogP contribution in [0.4, 0.5) is 0 Å². The van der Waals surface area contributed by atoms with Crippen molar-refractivity contribution in [1.29, 1.82) is 0 Å². The molecule has 2 fully saturated rings. The minimum absolute atomic E-state index is 0.0278. The van der Waals surface area contributed by atoms with Gasteiger partial charge in [-0.1, -0.05) is 11.6 Å². The summed E-state index contributed by atoms with van der Waals surface area (Å²) in [6.45, 7) is 1.56. The molecule has 17 heavy (non-hydrogen) atoms. The third kappa shape index (κ3) is 2.39. The molecule has 0 amide bonds. The van der Waals surface area contributed by atoms with Crippen LogP contribution in [-0.2, 0) is 11.3 Å². The molecule has 1 saturated carbocycles. The van der Waals surface area contributed by atoms with E-state index in [1.54, 1.807) is 0 Å². The Bertz CT molecular complexity index is 400. The highest BCUT2D eigenvalue weighted by Crippen LogP contribution is 2.38. The number of aldehydes is 1. The van der Waals surface area contributed by atoms with Crippen LogP contribution in [-0.4, -0.2) is 33.9 Å². The topological polar surface area (TPSA) is 59.2 Å². The summed E-state index contributed by atoms with van der Waals surface area (Å²) >= 11 is 0. The van der Waals surface area contributed by atoms with Crippen molar-refractivity contribution in [2.75, 3.05) is 6.54 Å². The van der Waals surface area contributed by atoms with Crippen LogP contribution in [0.25, 0.3) is 0 Å². The van der Waals surface area contributed by atoms with Gasteiger partial charge in [-0.15, -0.1) is 0 Å². The predicted molar refractivity (Wildman–Crippen MR) is 60.4 cm³/mol. The molecule has 1 aromatic rings. The summed E-state index contributed by atoms with van der Waals surface area (Å²) in [5, 5.41) is 3.99. The Kier molecular flexibility index (Phi) is 2.93. The summed E-state index contributed by atoms with van der Waals surface area (Å²) < 4.78 is 5.24. The normalized spacial score (nSPS) is 26.0. The Hall–Kier alpha value is -1.23. The summed E-state index contributed by atoms with van der Waals surface area (Å²) in [4.78, 5) is 17.5. The van der Waals surface area contributed by atoms with Crippen molar-refractivity contribution >= 4 is 6.29 Å². The van der Waals surface area contributed by atoms with Crippen molar-refractivity contribution in [3.63, 3.8) is 0 Å². The smallest absolute Gasteiger partial charge is 0.240 e. The zero-order valence-corrected chi connectivity index (χ0v) is 9.84. The maximum Gasteiger partial charge on any atom is 0.240 e. The van der Waals surface area contributed by atoms with Crippen molar-refractivity contribution in [3.05, 3.63) is 11.7 Å². The van der Waals surface area contributed by atoms with E-state index in [2.05, 4.69) is 15.0 Å². The first-order chi connectivity index (χ1) is 8.36. The van der Waals surface area contributed by atoms with E-state index in [-0.39, 0.29) is 6.04 Å². The fourth-order valence-corrected chi connectivity index (χ4v) is 2.38. The predicted octanol–water partition coefficient (Wildman–Crippen LogP) is 1.50. The molecule has 3 rings (SSSR count). The van der Waals surface area contributed by atoms with Gasteiger partial charge >= 0.3 is 0 Å². The molecule has 92 valence electrons. The number of carbonyl (C=O) groups is 1. The maximum absolute atomic E-state index is 11.0. The van der Waals surface area contributed by atoms with Crippen LogP contribution in [0.2, 0.25) is 0 Å². The third-order valence-corrected chi connectivity index (χ3v) is 3.59. The Morgan fingerprint density at radius 2 is 2.24 bits per heavy atom. The monoisotopic (exact) mass is 235 g/mol. The minimum atomic E-state index is 0.0278. The van der Waals surface area contributed by atoms with Gasteiger partial charge in [-0.3, -0.25) is 4.90 Å². The molecule has 1 saturated heterocycles. The third-order valence-electron chi connectivity index (χ3n) is 3.59. The second kappa shape index (κ2) is 4.56. The first-order valence-electron chi connectivity index (χ1n) is 6.38. The van der Waals surface area contributed by atoms with Crippen molar-refractivity contribution < 1.29 is 9.32 Å². The molecule has 1 unspecified atom stereocenters. The number of rotatable bonds is 4. The minimum Gasteiger partial charge on any atom is -0.338 e. The van der Waals surface area contributed by atoms with Gasteiger partial charge in [0.05, 0.1) is 12.6 Å². The van der Waals surface area contributed by atoms with E-state index in [0.29, 0.717) is 18.4 Å². The molecule has 0 N–H and O–H groups in total. The van der Waals surface area contributed by atoms with E-state index in [0.717, 1.165) is 37.9 Å². The lowest BCUT2D eigenvalue weighted by Crippen LogP contribution is -2.39. The zero-order valence-electron chi connectivity index (χ0n) is 9.84. The highest BCUT2D eigenvalue weighted by atomic mass is 16.5. The summed E-state index contributed by atoms with van der Waals surface area (Å²) in [5.41, 5.74) is 0. The van der Waals surface area contributed by atoms with Crippen LogP contribution in [0.3, 0.4) is 0 Å². The number of nitrogens with zero attached hydrogens (tertiary/aromatic N) is 3. The van der Waals surface area contributed by atoms with E-state index in [9.17, 15) is 4.79 Å². The lowest BCUT2D eigenvalue weighted by atomic mass is 10.0. The summed E-state index contributed by atoms with van der Waals surface area (Å²) in [6.07, 6.45) is 6.63. The van der Waals surface area contributed by atoms with Crippen molar-refractivity contribution in [1.82, 2.24) is 15.0 Å². The largest absolute Gasteiger partial charge is 0.338 e. The average Bonchev–Trinajstić information content (AvgIpc) is 3.11. The second-order valence-corrected chi connectivity index (χ2v) is 4.99. The Balaban J connectivity index is 1.65. The number of carbonyl (C=O) groups excluding carboxylic acids is 1. The van der Waals surface area contributed by atoms with Crippen LogP contribution in [0.15, 0.2) is 4.52 Å². The van der Waals surface area contributed by atoms with Crippen LogP contribution in [0.1, 0.15) is 49.7 Å². The number of aromatic nitrogens is 2. The molecule has 5 nitrogen and oxygen atoms in total. The summed E-state index contributed by atoms with van der Waals surface area (Å²) in [6, 6.07) is 0.0278. The van der Waals surface area contributed by atoms with E-state index < -0.39 is 0 Å². The van der Waals surface area contributed by atoms with Crippen LogP contribution in [0, 0.1) is 0 Å². The standard InChI is InChI=1S/C12H17N3O2/c16-8-10-3-1-2-6-15(10)7-11-13-12(14-17-11)9-4-5-9/h8-10H,1-7H2. The molecule has 0 radical (unpaired) electrons. The average molecular weight is 235 g/mol. The number of hydrogen-bond donors (Lipinski definition) is 0. The van der Waals surface area contributed by atoms with Gasteiger partial charge in [0.25, 0.3) is 0 Å².